The van der Waals surface area contributed by atoms with E-state index >= 15 is 0 Å². The lowest BCUT2D eigenvalue weighted by molar-refractivity contribution is 0.301. The minimum absolute atomic E-state index is 0.619. The van der Waals surface area contributed by atoms with Gasteiger partial charge in [0.25, 0.3) is 0 Å². The molecule has 0 saturated carbocycles. The average Bonchev–Trinajstić information content (AvgIpc) is 2.51. The molecule has 0 fully saturated rings. The van der Waals surface area contributed by atoms with Crippen LogP contribution in [0.5, 0.6) is 17.4 Å². The van der Waals surface area contributed by atoms with Gasteiger partial charge in [-0.2, -0.15) is 0 Å². The molecule has 130 valence electrons. The second-order valence-electron chi connectivity index (χ2n) is 6.22. The Hall–Kier alpha value is -1.55. The number of aryl methyl sites for hydroxylation is 3. The molecular weight excluding hydrogens is 366 g/mol. The monoisotopic (exact) mass is 391 g/mol. The highest BCUT2D eigenvalue weighted by atomic mass is 79.9. The third-order valence-electron chi connectivity index (χ3n) is 3.94. The van der Waals surface area contributed by atoms with Gasteiger partial charge in [0, 0.05) is 16.2 Å². The van der Waals surface area contributed by atoms with E-state index in [1.54, 1.807) is 0 Å². The van der Waals surface area contributed by atoms with E-state index in [0.717, 1.165) is 51.4 Å². The summed E-state index contributed by atoms with van der Waals surface area (Å²) in [5, 5.41) is 0. The molecule has 1 aromatic carbocycles. The summed E-state index contributed by atoms with van der Waals surface area (Å²) in [6, 6.07) is 6.08. The molecule has 0 aliphatic rings. The number of halogens is 1. The van der Waals surface area contributed by atoms with Gasteiger partial charge in [0.1, 0.15) is 11.5 Å². The molecule has 2 aromatic rings. The maximum absolute atomic E-state index is 6.16. The number of hydrogen-bond acceptors (Lipinski definition) is 3. The number of pyridine rings is 1. The van der Waals surface area contributed by atoms with Crippen molar-refractivity contribution >= 4 is 15.9 Å². The average molecular weight is 392 g/mol. The molecule has 0 N–H and O–H groups in total. The number of benzene rings is 1. The molecule has 0 bridgehead atoms. The van der Waals surface area contributed by atoms with Gasteiger partial charge in [0.05, 0.1) is 12.2 Å². The topological polar surface area (TPSA) is 31.4 Å². The molecule has 0 atom stereocenters. The van der Waals surface area contributed by atoms with Crippen LogP contribution in [0.1, 0.15) is 48.6 Å². The van der Waals surface area contributed by atoms with E-state index in [0.29, 0.717) is 5.88 Å². The Morgan fingerprint density at radius 3 is 2.29 bits per heavy atom. The fourth-order valence-electron chi connectivity index (χ4n) is 2.62. The molecule has 3 nitrogen and oxygen atoms in total. The minimum Gasteiger partial charge on any atom is -0.493 e. The molecule has 24 heavy (non-hydrogen) atoms. The van der Waals surface area contributed by atoms with E-state index in [1.165, 1.54) is 12.8 Å². The standard InChI is InChI=1S/C20H26BrNO2/c1-6-7-8-9-23-18-12-15(4)22-20(16(18)5)24-19-13(2)10-17(21)11-14(19)3/h10-12H,6-9H2,1-5H3. The SMILES string of the molecule is CCCCCOc1cc(C)nc(Oc2c(C)cc(Br)cc2C)c1C. The third-order valence-corrected chi connectivity index (χ3v) is 4.40. The molecule has 0 unspecified atom stereocenters. The van der Waals surface area contributed by atoms with E-state index in [1.807, 2.05) is 33.8 Å². The van der Waals surface area contributed by atoms with Crippen molar-refractivity contribution in [1.82, 2.24) is 4.98 Å². The van der Waals surface area contributed by atoms with Gasteiger partial charge >= 0.3 is 0 Å². The Kier molecular flexibility index (Phi) is 6.67. The molecule has 0 aliphatic carbocycles. The molecule has 0 saturated heterocycles. The van der Waals surface area contributed by atoms with Gasteiger partial charge in [-0.15, -0.1) is 0 Å². The van der Waals surface area contributed by atoms with Crippen molar-refractivity contribution in [3.05, 3.63) is 45.1 Å². The van der Waals surface area contributed by atoms with Crippen molar-refractivity contribution in [2.75, 3.05) is 6.61 Å². The summed E-state index contributed by atoms with van der Waals surface area (Å²) in [5.41, 5.74) is 4.00. The van der Waals surface area contributed by atoms with Gasteiger partial charge in [0.2, 0.25) is 5.88 Å². The molecule has 0 radical (unpaired) electrons. The lowest BCUT2D eigenvalue weighted by Gasteiger charge is -2.16. The number of hydrogen-bond donors (Lipinski definition) is 0. The normalized spacial score (nSPS) is 10.8. The van der Waals surface area contributed by atoms with Gasteiger partial charge in [-0.25, -0.2) is 4.98 Å². The molecular formula is C20H26BrNO2. The number of ether oxygens (including phenoxy) is 2. The summed E-state index contributed by atoms with van der Waals surface area (Å²) >= 11 is 3.52. The molecule has 0 spiro atoms. The molecule has 1 aromatic heterocycles. The fraction of sp³-hybridized carbons (Fsp3) is 0.450. The molecule has 0 aliphatic heterocycles. The maximum atomic E-state index is 6.16. The van der Waals surface area contributed by atoms with Crippen LogP contribution >= 0.6 is 15.9 Å². The highest BCUT2D eigenvalue weighted by Crippen LogP contribution is 2.35. The summed E-state index contributed by atoms with van der Waals surface area (Å²) in [4.78, 5) is 4.56. The van der Waals surface area contributed by atoms with E-state index in [9.17, 15) is 0 Å². The Morgan fingerprint density at radius 1 is 1.00 bits per heavy atom. The summed E-state index contributed by atoms with van der Waals surface area (Å²) < 4.78 is 13.2. The second-order valence-corrected chi connectivity index (χ2v) is 7.13. The third kappa shape index (κ3) is 4.73. The molecule has 2 rings (SSSR count). The molecule has 4 heteroatoms. The number of unbranched alkanes of at least 4 members (excludes halogenated alkanes) is 2. The van der Waals surface area contributed by atoms with Crippen LogP contribution in [0.25, 0.3) is 0 Å². The van der Waals surface area contributed by atoms with Crippen LogP contribution in [0.2, 0.25) is 0 Å². The van der Waals surface area contributed by atoms with Gasteiger partial charge in [0.15, 0.2) is 0 Å². The van der Waals surface area contributed by atoms with Crippen LogP contribution in [-0.4, -0.2) is 11.6 Å². The van der Waals surface area contributed by atoms with Crippen LogP contribution < -0.4 is 9.47 Å². The largest absolute Gasteiger partial charge is 0.493 e. The van der Waals surface area contributed by atoms with Crippen molar-refractivity contribution in [3.63, 3.8) is 0 Å². The minimum atomic E-state index is 0.619. The zero-order valence-corrected chi connectivity index (χ0v) is 16.8. The van der Waals surface area contributed by atoms with E-state index in [2.05, 4.69) is 40.0 Å². The van der Waals surface area contributed by atoms with Gasteiger partial charge in [-0.05, 0) is 57.4 Å². The zero-order valence-electron chi connectivity index (χ0n) is 15.2. The van der Waals surface area contributed by atoms with Gasteiger partial charge in [-0.3, -0.25) is 0 Å². The van der Waals surface area contributed by atoms with Crippen molar-refractivity contribution in [1.29, 1.82) is 0 Å². The summed E-state index contributed by atoms with van der Waals surface area (Å²) in [5.74, 6) is 2.34. The van der Waals surface area contributed by atoms with E-state index < -0.39 is 0 Å². The van der Waals surface area contributed by atoms with Crippen molar-refractivity contribution in [2.24, 2.45) is 0 Å². The molecule has 1 heterocycles. The van der Waals surface area contributed by atoms with Crippen LogP contribution in [-0.2, 0) is 0 Å². The highest BCUT2D eigenvalue weighted by molar-refractivity contribution is 9.10. The quantitative estimate of drug-likeness (QED) is 0.508. The summed E-state index contributed by atoms with van der Waals surface area (Å²) in [6.07, 6.45) is 3.44. The van der Waals surface area contributed by atoms with Crippen LogP contribution in [0.3, 0.4) is 0 Å². The van der Waals surface area contributed by atoms with Crippen molar-refractivity contribution < 1.29 is 9.47 Å². The Labute approximate surface area is 153 Å². The van der Waals surface area contributed by atoms with E-state index in [-0.39, 0.29) is 0 Å². The lowest BCUT2D eigenvalue weighted by Crippen LogP contribution is -2.03. The predicted octanol–water partition coefficient (Wildman–Crippen LogP) is 6.44. The first-order valence-corrected chi connectivity index (χ1v) is 9.27. The zero-order chi connectivity index (χ0) is 17.7. The predicted molar refractivity (Wildman–Crippen MR) is 102 cm³/mol. The fourth-order valence-corrected chi connectivity index (χ4v) is 3.30. The molecule has 0 amide bonds. The number of rotatable bonds is 7. The lowest BCUT2D eigenvalue weighted by atomic mass is 10.1. The first-order valence-electron chi connectivity index (χ1n) is 8.48. The Balaban J connectivity index is 2.26. The van der Waals surface area contributed by atoms with Crippen molar-refractivity contribution in [3.8, 4) is 17.4 Å². The van der Waals surface area contributed by atoms with Crippen LogP contribution in [0.4, 0.5) is 0 Å². The number of nitrogens with zero attached hydrogens (tertiary/aromatic N) is 1. The Morgan fingerprint density at radius 2 is 1.67 bits per heavy atom. The summed E-state index contributed by atoms with van der Waals surface area (Å²) in [7, 11) is 0. The smallest absolute Gasteiger partial charge is 0.226 e. The first-order chi connectivity index (χ1) is 11.4. The maximum Gasteiger partial charge on any atom is 0.226 e. The van der Waals surface area contributed by atoms with Crippen molar-refractivity contribution in [2.45, 2.75) is 53.9 Å². The van der Waals surface area contributed by atoms with Crippen LogP contribution in [0.15, 0.2) is 22.7 Å². The second kappa shape index (κ2) is 8.52. The number of aromatic nitrogens is 1. The van der Waals surface area contributed by atoms with Crippen LogP contribution in [0, 0.1) is 27.7 Å². The van der Waals surface area contributed by atoms with E-state index in [4.69, 9.17) is 9.47 Å². The summed E-state index contributed by atoms with van der Waals surface area (Å²) in [6.45, 7) is 11.0. The first kappa shape index (κ1) is 18.8. The van der Waals surface area contributed by atoms with Gasteiger partial charge in [-0.1, -0.05) is 35.7 Å². The highest BCUT2D eigenvalue weighted by Gasteiger charge is 2.14. The van der Waals surface area contributed by atoms with Gasteiger partial charge < -0.3 is 9.47 Å². The Bertz CT molecular complexity index is 690.